The van der Waals surface area contributed by atoms with Gasteiger partial charge in [-0.05, 0) is 18.1 Å². The molecule has 1 aromatic rings. The topological polar surface area (TPSA) is 61.9 Å². The van der Waals surface area contributed by atoms with Gasteiger partial charge in [-0.3, -0.25) is 4.79 Å². The lowest BCUT2D eigenvalue weighted by Gasteiger charge is -2.34. The molecule has 0 aromatic heterocycles. The van der Waals surface area contributed by atoms with Crippen LogP contribution in [0.2, 0.25) is 0 Å². The SMILES string of the molecule is COCC(=O)N1CCN(C(=O)NCCc2ccccc2F)CC1. The zero-order valence-corrected chi connectivity index (χ0v) is 13.3. The molecule has 0 aliphatic carbocycles. The second-order valence-electron chi connectivity index (χ2n) is 5.37. The first-order valence-corrected chi connectivity index (χ1v) is 7.64. The highest BCUT2D eigenvalue weighted by Crippen LogP contribution is 2.07. The lowest BCUT2D eigenvalue weighted by molar-refractivity contribution is -0.136. The fourth-order valence-electron chi connectivity index (χ4n) is 2.49. The van der Waals surface area contributed by atoms with Crippen molar-refractivity contribution in [3.63, 3.8) is 0 Å². The molecule has 1 heterocycles. The standard InChI is InChI=1S/C16H22FN3O3/c1-23-12-15(21)19-8-10-20(11-9-19)16(22)18-7-6-13-4-2-3-5-14(13)17/h2-5H,6-12H2,1H3,(H,18,22). The van der Waals surface area contributed by atoms with E-state index in [-0.39, 0.29) is 24.4 Å². The van der Waals surface area contributed by atoms with Crippen LogP contribution in [0.4, 0.5) is 9.18 Å². The van der Waals surface area contributed by atoms with Crippen LogP contribution in [-0.2, 0) is 16.0 Å². The van der Waals surface area contributed by atoms with Gasteiger partial charge in [-0.25, -0.2) is 9.18 Å². The van der Waals surface area contributed by atoms with Gasteiger partial charge >= 0.3 is 6.03 Å². The van der Waals surface area contributed by atoms with E-state index in [0.717, 1.165) is 0 Å². The van der Waals surface area contributed by atoms with E-state index in [1.54, 1.807) is 28.0 Å². The number of amides is 3. The van der Waals surface area contributed by atoms with Crippen molar-refractivity contribution >= 4 is 11.9 Å². The average molecular weight is 323 g/mol. The van der Waals surface area contributed by atoms with Crippen LogP contribution >= 0.6 is 0 Å². The van der Waals surface area contributed by atoms with E-state index >= 15 is 0 Å². The zero-order chi connectivity index (χ0) is 16.7. The second kappa shape index (κ2) is 8.47. The van der Waals surface area contributed by atoms with Crippen molar-refractivity contribution in [3.8, 4) is 0 Å². The Morgan fingerprint density at radius 3 is 2.48 bits per heavy atom. The molecule has 1 saturated heterocycles. The van der Waals surface area contributed by atoms with E-state index in [4.69, 9.17) is 4.74 Å². The maximum absolute atomic E-state index is 13.5. The van der Waals surface area contributed by atoms with Gasteiger partial charge in [0.2, 0.25) is 5.91 Å². The highest BCUT2D eigenvalue weighted by molar-refractivity contribution is 5.78. The molecule has 1 fully saturated rings. The van der Waals surface area contributed by atoms with Gasteiger partial charge in [-0.15, -0.1) is 0 Å². The lowest BCUT2D eigenvalue weighted by atomic mass is 10.1. The van der Waals surface area contributed by atoms with Gasteiger partial charge in [0, 0.05) is 39.8 Å². The van der Waals surface area contributed by atoms with Gasteiger partial charge in [0.15, 0.2) is 0 Å². The third-order valence-corrected chi connectivity index (χ3v) is 3.82. The molecule has 1 aliphatic rings. The summed E-state index contributed by atoms with van der Waals surface area (Å²) in [5.41, 5.74) is 0.586. The average Bonchev–Trinajstić information content (AvgIpc) is 2.57. The van der Waals surface area contributed by atoms with Crippen molar-refractivity contribution in [3.05, 3.63) is 35.6 Å². The molecule has 0 bridgehead atoms. The molecule has 3 amide bonds. The van der Waals surface area contributed by atoms with Gasteiger partial charge < -0.3 is 19.9 Å². The van der Waals surface area contributed by atoms with Crippen LogP contribution in [0.25, 0.3) is 0 Å². The van der Waals surface area contributed by atoms with Crippen LogP contribution in [0, 0.1) is 5.82 Å². The number of piperazine rings is 1. The summed E-state index contributed by atoms with van der Waals surface area (Å²) in [6, 6.07) is 6.35. The summed E-state index contributed by atoms with van der Waals surface area (Å²) in [7, 11) is 1.48. The maximum Gasteiger partial charge on any atom is 0.317 e. The number of urea groups is 1. The Balaban J connectivity index is 1.71. The van der Waals surface area contributed by atoms with Gasteiger partial charge in [-0.2, -0.15) is 0 Å². The minimum Gasteiger partial charge on any atom is -0.375 e. The zero-order valence-electron chi connectivity index (χ0n) is 13.3. The minimum atomic E-state index is -0.257. The fraction of sp³-hybridized carbons (Fsp3) is 0.500. The third kappa shape index (κ3) is 4.92. The molecule has 0 atom stereocenters. The van der Waals surface area contributed by atoms with Crippen LogP contribution in [0.5, 0.6) is 0 Å². The molecule has 126 valence electrons. The summed E-state index contributed by atoms with van der Waals surface area (Å²) in [5, 5.41) is 2.79. The van der Waals surface area contributed by atoms with E-state index < -0.39 is 0 Å². The fourth-order valence-corrected chi connectivity index (χ4v) is 2.49. The molecule has 23 heavy (non-hydrogen) atoms. The van der Waals surface area contributed by atoms with E-state index in [1.807, 2.05) is 0 Å². The summed E-state index contributed by atoms with van der Waals surface area (Å²) in [6.07, 6.45) is 0.449. The predicted molar refractivity (Wildman–Crippen MR) is 83.5 cm³/mol. The first kappa shape index (κ1) is 17.2. The van der Waals surface area contributed by atoms with E-state index in [1.165, 1.54) is 13.2 Å². The van der Waals surface area contributed by atoms with Crippen LogP contribution in [0.1, 0.15) is 5.56 Å². The number of methoxy groups -OCH3 is 1. The van der Waals surface area contributed by atoms with Gasteiger partial charge in [-0.1, -0.05) is 18.2 Å². The monoisotopic (exact) mass is 323 g/mol. The van der Waals surface area contributed by atoms with Gasteiger partial charge in [0.25, 0.3) is 0 Å². The smallest absolute Gasteiger partial charge is 0.317 e. The summed E-state index contributed by atoms with van der Waals surface area (Å²) >= 11 is 0. The Morgan fingerprint density at radius 1 is 1.17 bits per heavy atom. The number of rotatable bonds is 5. The second-order valence-corrected chi connectivity index (χ2v) is 5.37. The van der Waals surface area contributed by atoms with Gasteiger partial charge in [0.1, 0.15) is 12.4 Å². The first-order valence-electron chi connectivity index (χ1n) is 7.64. The molecular weight excluding hydrogens is 301 g/mol. The first-order chi connectivity index (χ1) is 11.1. The van der Waals surface area contributed by atoms with Crippen LogP contribution < -0.4 is 5.32 Å². The Kier molecular flexibility index (Phi) is 6.34. The van der Waals surface area contributed by atoms with E-state index in [0.29, 0.717) is 44.7 Å². The van der Waals surface area contributed by atoms with Crippen molar-refractivity contribution in [2.24, 2.45) is 0 Å². The Labute approximate surface area is 135 Å². The molecule has 6 nitrogen and oxygen atoms in total. The van der Waals surface area contributed by atoms with Crippen molar-refractivity contribution < 1.29 is 18.7 Å². The molecule has 0 unspecified atom stereocenters. The summed E-state index contributed by atoms with van der Waals surface area (Å²) in [4.78, 5) is 27.1. The van der Waals surface area contributed by atoms with Crippen molar-refractivity contribution in [1.82, 2.24) is 15.1 Å². The largest absolute Gasteiger partial charge is 0.375 e. The number of halogens is 1. The number of nitrogens with one attached hydrogen (secondary N) is 1. The van der Waals surface area contributed by atoms with E-state index in [9.17, 15) is 14.0 Å². The van der Waals surface area contributed by atoms with Crippen LogP contribution in [0.3, 0.4) is 0 Å². The molecular formula is C16H22FN3O3. The molecule has 0 saturated carbocycles. The van der Waals surface area contributed by atoms with Crippen LogP contribution in [-0.4, -0.2) is 68.2 Å². The number of hydrogen-bond acceptors (Lipinski definition) is 3. The molecule has 1 N–H and O–H groups in total. The lowest BCUT2D eigenvalue weighted by Crippen LogP contribution is -2.53. The van der Waals surface area contributed by atoms with Crippen molar-refractivity contribution in [1.29, 1.82) is 0 Å². The molecule has 1 aromatic carbocycles. The molecule has 7 heteroatoms. The Bertz CT molecular complexity index is 545. The van der Waals surface area contributed by atoms with Gasteiger partial charge in [0.05, 0.1) is 0 Å². The van der Waals surface area contributed by atoms with Crippen molar-refractivity contribution in [2.45, 2.75) is 6.42 Å². The molecule has 1 aliphatic heterocycles. The molecule has 0 spiro atoms. The molecule has 2 rings (SSSR count). The number of carbonyl (C=O) groups excluding carboxylic acids is 2. The third-order valence-electron chi connectivity index (χ3n) is 3.82. The highest BCUT2D eigenvalue weighted by Gasteiger charge is 2.23. The number of nitrogens with zero attached hydrogens (tertiary/aromatic N) is 2. The number of hydrogen-bond donors (Lipinski definition) is 1. The number of carbonyl (C=O) groups is 2. The molecule has 0 radical (unpaired) electrons. The normalized spacial score (nSPS) is 14.7. The van der Waals surface area contributed by atoms with E-state index in [2.05, 4.69) is 5.32 Å². The minimum absolute atomic E-state index is 0.0629. The summed E-state index contributed by atoms with van der Waals surface area (Å²) in [5.74, 6) is -0.320. The maximum atomic E-state index is 13.5. The summed E-state index contributed by atoms with van der Waals surface area (Å²) in [6.45, 7) is 2.42. The van der Waals surface area contributed by atoms with Crippen LogP contribution in [0.15, 0.2) is 24.3 Å². The quantitative estimate of drug-likeness (QED) is 0.874. The number of benzene rings is 1. The van der Waals surface area contributed by atoms with Crippen molar-refractivity contribution in [2.75, 3.05) is 46.4 Å². The highest BCUT2D eigenvalue weighted by atomic mass is 19.1. The Morgan fingerprint density at radius 2 is 1.83 bits per heavy atom. The number of ether oxygens (including phenoxy) is 1. The Hall–Kier alpha value is -2.15. The predicted octanol–water partition coefficient (Wildman–Crippen LogP) is 0.868. The summed E-state index contributed by atoms with van der Waals surface area (Å²) < 4.78 is 18.3.